The zero-order chi connectivity index (χ0) is 12.8. The van der Waals surface area contributed by atoms with Crippen LogP contribution < -0.4 is 0 Å². The molecule has 4 aromatic rings. The van der Waals surface area contributed by atoms with Crippen molar-refractivity contribution in [2.45, 2.75) is 5.33 Å². The molecule has 19 heavy (non-hydrogen) atoms. The Bertz CT molecular complexity index is 873. The van der Waals surface area contributed by atoms with E-state index in [1.807, 2.05) is 40.7 Å². The first kappa shape index (κ1) is 11.2. The normalized spacial score (nSPS) is 11.6. The summed E-state index contributed by atoms with van der Waals surface area (Å²) in [5.41, 5.74) is 3.20. The van der Waals surface area contributed by atoms with Gasteiger partial charge in [-0.3, -0.25) is 8.97 Å². The molecule has 0 aliphatic rings. The highest BCUT2D eigenvalue weighted by molar-refractivity contribution is 9.08. The van der Waals surface area contributed by atoms with E-state index >= 15 is 0 Å². The number of halogens is 1. The average molecular weight is 333 g/mol. The minimum Gasteiger partial charge on any atom is -0.292 e. The van der Waals surface area contributed by atoms with Crippen LogP contribution in [0.15, 0.2) is 42.2 Å². The van der Waals surface area contributed by atoms with Crippen LogP contribution in [0, 0.1) is 0 Å². The van der Waals surface area contributed by atoms with Gasteiger partial charge in [0.05, 0.1) is 16.7 Å². The molecule has 1 aromatic carbocycles. The predicted octanol–water partition coefficient (Wildman–Crippen LogP) is 3.63. The lowest BCUT2D eigenvalue weighted by molar-refractivity contribution is 1.01. The van der Waals surface area contributed by atoms with Crippen LogP contribution in [0.5, 0.6) is 0 Å². The van der Waals surface area contributed by atoms with Crippen LogP contribution in [0.4, 0.5) is 0 Å². The molecule has 3 aromatic heterocycles. The molecule has 3 heterocycles. The molecule has 0 saturated carbocycles. The van der Waals surface area contributed by atoms with E-state index in [4.69, 9.17) is 4.98 Å². The molecule has 0 N–H and O–H groups in total. The SMILES string of the molecule is BrCc1c(-n2cnc3ccccc32)nc2sccn12. The number of alkyl halides is 1. The monoisotopic (exact) mass is 332 g/mol. The third-order valence-corrected chi connectivity index (χ3v) is 4.44. The maximum Gasteiger partial charge on any atom is 0.195 e. The van der Waals surface area contributed by atoms with Gasteiger partial charge >= 0.3 is 0 Å². The van der Waals surface area contributed by atoms with Gasteiger partial charge in [0.25, 0.3) is 0 Å². The number of para-hydroxylation sites is 2. The van der Waals surface area contributed by atoms with Crippen molar-refractivity contribution < 1.29 is 0 Å². The van der Waals surface area contributed by atoms with Crippen LogP contribution in [-0.2, 0) is 5.33 Å². The number of fused-ring (bicyclic) bond motifs is 2. The topological polar surface area (TPSA) is 35.1 Å². The first-order valence-electron chi connectivity index (χ1n) is 5.81. The van der Waals surface area contributed by atoms with Gasteiger partial charge < -0.3 is 0 Å². The van der Waals surface area contributed by atoms with E-state index in [2.05, 4.69) is 31.4 Å². The lowest BCUT2D eigenvalue weighted by atomic mass is 10.3. The molecule has 94 valence electrons. The molecule has 0 aliphatic carbocycles. The fourth-order valence-electron chi connectivity index (χ4n) is 2.27. The summed E-state index contributed by atoms with van der Waals surface area (Å²) in [5, 5.41) is 2.80. The first-order valence-corrected chi connectivity index (χ1v) is 7.81. The highest BCUT2D eigenvalue weighted by Gasteiger charge is 2.15. The van der Waals surface area contributed by atoms with Crippen molar-refractivity contribution in [2.75, 3.05) is 0 Å². The van der Waals surface area contributed by atoms with E-state index < -0.39 is 0 Å². The van der Waals surface area contributed by atoms with Crippen LogP contribution in [0.3, 0.4) is 0 Å². The molecule has 6 heteroatoms. The molecule has 0 aliphatic heterocycles. The predicted molar refractivity (Wildman–Crippen MR) is 80.3 cm³/mol. The maximum absolute atomic E-state index is 4.71. The fraction of sp³-hybridized carbons (Fsp3) is 0.0769. The van der Waals surface area contributed by atoms with Crippen LogP contribution in [0.1, 0.15) is 5.69 Å². The lowest BCUT2D eigenvalue weighted by Crippen LogP contribution is -1.97. The highest BCUT2D eigenvalue weighted by Crippen LogP contribution is 2.25. The summed E-state index contributed by atoms with van der Waals surface area (Å²) in [4.78, 5) is 10.1. The Labute approximate surface area is 121 Å². The Kier molecular flexibility index (Phi) is 2.46. The Morgan fingerprint density at radius 1 is 1.26 bits per heavy atom. The quantitative estimate of drug-likeness (QED) is 0.525. The van der Waals surface area contributed by atoms with Crippen molar-refractivity contribution in [3.63, 3.8) is 0 Å². The summed E-state index contributed by atoms with van der Waals surface area (Å²) in [5.74, 6) is 0.942. The van der Waals surface area contributed by atoms with Gasteiger partial charge in [0.15, 0.2) is 10.8 Å². The summed E-state index contributed by atoms with van der Waals surface area (Å²) >= 11 is 5.19. The smallest absolute Gasteiger partial charge is 0.195 e. The molecule has 0 atom stereocenters. The van der Waals surface area contributed by atoms with Crippen molar-refractivity contribution >= 4 is 43.3 Å². The Balaban J connectivity index is 2.06. The molecule has 0 spiro atoms. The van der Waals surface area contributed by atoms with Crippen LogP contribution in [0.2, 0.25) is 0 Å². The number of thiazole rings is 1. The van der Waals surface area contributed by atoms with Crippen molar-refractivity contribution in [1.82, 2.24) is 18.9 Å². The second-order valence-electron chi connectivity index (χ2n) is 4.17. The van der Waals surface area contributed by atoms with Gasteiger partial charge in [-0.15, -0.1) is 11.3 Å². The zero-order valence-corrected chi connectivity index (χ0v) is 12.2. The number of imidazole rings is 2. The summed E-state index contributed by atoms with van der Waals surface area (Å²) < 4.78 is 4.16. The van der Waals surface area contributed by atoms with Crippen LogP contribution >= 0.6 is 27.3 Å². The number of rotatable bonds is 2. The molecule has 0 saturated heterocycles. The van der Waals surface area contributed by atoms with E-state index in [0.717, 1.165) is 32.8 Å². The number of aromatic nitrogens is 4. The standard InChI is InChI=1S/C13H9BrN4S/c14-7-11-12(16-13-17(11)5-6-19-13)18-8-15-9-3-1-2-4-10(9)18/h1-6,8H,7H2. The van der Waals surface area contributed by atoms with Crippen molar-refractivity contribution in [3.8, 4) is 5.82 Å². The van der Waals surface area contributed by atoms with E-state index in [0.29, 0.717) is 0 Å². The van der Waals surface area contributed by atoms with Crippen LogP contribution in [0.25, 0.3) is 21.8 Å². The molecule has 0 bridgehead atoms. The molecule has 0 radical (unpaired) electrons. The lowest BCUT2D eigenvalue weighted by Gasteiger charge is -2.02. The second kappa shape index (κ2) is 4.18. The highest BCUT2D eigenvalue weighted by atomic mass is 79.9. The van der Waals surface area contributed by atoms with Crippen molar-refractivity contribution in [3.05, 3.63) is 47.9 Å². The number of benzene rings is 1. The van der Waals surface area contributed by atoms with Gasteiger partial charge in [0, 0.05) is 16.9 Å². The van der Waals surface area contributed by atoms with Gasteiger partial charge in [0.1, 0.15) is 6.33 Å². The van der Waals surface area contributed by atoms with Gasteiger partial charge in [0.2, 0.25) is 0 Å². The van der Waals surface area contributed by atoms with E-state index in [9.17, 15) is 0 Å². The maximum atomic E-state index is 4.71. The van der Waals surface area contributed by atoms with Gasteiger partial charge in [-0.1, -0.05) is 28.1 Å². The summed E-state index contributed by atoms with van der Waals surface area (Å²) in [7, 11) is 0. The largest absolute Gasteiger partial charge is 0.292 e. The summed E-state index contributed by atoms with van der Waals surface area (Å²) in [6.07, 6.45) is 3.88. The average Bonchev–Trinajstić information content (AvgIpc) is 3.11. The van der Waals surface area contributed by atoms with Gasteiger partial charge in [-0.2, -0.15) is 0 Å². The minimum atomic E-state index is 0.757. The van der Waals surface area contributed by atoms with E-state index in [-0.39, 0.29) is 0 Å². The van der Waals surface area contributed by atoms with E-state index in [1.165, 1.54) is 0 Å². The molecule has 0 unspecified atom stereocenters. The number of hydrogen-bond acceptors (Lipinski definition) is 3. The number of nitrogens with zero attached hydrogens (tertiary/aromatic N) is 4. The third kappa shape index (κ3) is 1.56. The van der Waals surface area contributed by atoms with Crippen LogP contribution in [-0.4, -0.2) is 18.9 Å². The van der Waals surface area contributed by atoms with Gasteiger partial charge in [-0.05, 0) is 12.1 Å². The van der Waals surface area contributed by atoms with Gasteiger partial charge in [-0.25, -0.2) is 9.97 Å². The third-order valence-electron chi connectivity index (χ3n) is 3.15. The molecular weight excluding hydrogens is 324 g/mol. The molecule has 4 rings (SSSR count). The summed E-state index contributed by atoms with van der Waals surface area (Å²) in [6.45, 7) is 0. The fourth-order valence-corrected chi connectivity index (χ4v) is 3.52. The summed E-state index contributed by atoms with van der Waals surface area (Å²) in [6, 6.07) is 8.09. The Morgan fingerprint density at radius 3 is 3.05 bits per heavy atom. The van der Waals surface area contributed by atoms with Crippen molar-refractivity contribution in [1.29, 1.82) is 0 Å². The molecular formula is C13H9BrN4S. The molecule has 0 amide bonds. The Hall–Kier alpha value is -1.66. The zero-order valence-electron chi connectivity index (χ0n) is 9.82. The van der Waals surface area contributed by atoms with E-state index in [1.54, 1.807) is 11.3 Å². The molecule has 4 nitrogen and oxygen atoms in total. The Morgan fingerprint density at radius 2 is 2.16 bits per heavy atom. The minimum absolute atomic E-state index is 0.757. The molecule has 0 fully saturated rings. The van der Waals surface area contributed by atoms with Crippen molar-refractivity contribution in [2.24, 2.45) is 0 Å². The second-order valence-corrected chi connectivity index (χ2v) is 5.61. The number of hydrogen-bond donors (Lipinski definition) is 0. The first-order chi connectivity index (χ1) is 9.38.